The van der Waals surface area contributed by atoms with Crippen molar-refractivity contribution in [3.8, 4) is 5.75 Å². The number of alkyl halides is 1. The van der Waals surface area contributed by atoms with E-state index in [0.29, 0.717) is 23.3 Å². The number of fused-ring (bicyclic) bond motifs is 1. The summed E-state index contributed by atoms with van der Waals surface area (Å²) >= 11 is 13.5. The van der Waals surface area contributed by atoms with Gasteiger partial charge in [0.1, 0.15) is 17.4 Å². The van der Waals surface area contributed by atoms with Crippen molar-refractivity contribution in [2.75, 3.05) is 0 Å². The van der Waals surface area contributed by atoms with Crippen LogP contribution in [-0.2, 0) is 12.5 Å². The lowest BCUT2D eigenvalue weighted by Crippen LogP contribution is -1.95. The highest BCUT2D eigenvalue weighted by Crippen LogP contribution is 2.28. The number of halogens is 2. The standard InChI is InChI=1S/C15H11Cl2NOS/c16-8-10-5-6-13(11(17)7-10)19-9-15-18-12-3-1-2-4-14(12)20-15/h1-7H,8-9H2. The van der Waals surface area contributed by atoms with Crippen LogP contribution >= 0.6 is 34.5 Å². The molecule has 0 aliphatic carbocycles. The van der Waals surface area contributed by atoms with Crippen LogP contribution in [0, 0.1) is 0 Å². The summed E-state index contributed by atoms with van der Waals surface area (Å²) in [5.41, 5.74) is 1.98. The van der Waals surface area contributed by atoms with Gasteiger partial charge in [-0.3, -0.25) is 0 Å². The van der Waals surface area contributed by atoms with Gasteiger partial charge in [-0.1, -0.05) is 29.8 Å². The maximum Gasteiger partial charge on any atom is 0.140 e. The Morgan fingerprint density at radius 3 is 2.75 bits per heavy atom. The molecule has 0 amide bonds. The molecule has 0 saturated heterocycles. The smallest absolute Gasteiger partial charge is 0.140 e. The molecule has 3 aromatic rings. The van der Waals surface area contributed by atoms with Crippen LogP contribution in [0.15, 0.2) is 42.5 Å². The molecular formula is C15H11Cl2NOS. The van der Waals surface area contributed by atoms with E-state index in [0.717, 1.165) is 20.8 Å². The van der Waals surface area contributed by atoms with Crippen LogP contribution in [0.3, 0.4) is 0 Å². The lowest BCUT2D eigenvalue weighted by atomic mass is 10.2. The molecule has 102 valence electrons. The molecule has 2 nitrogen and oxygen atoms in total. The zero-order chi connectivity index (χ0) is 13.9. The Labute approximate surface area is 130 Å². The van der Waals surface area contributed by atoms with Crippen LogP contribution in [-0.4, -0.2) is 4.98 Å². The monoisotopic (exact) mass is 323 g/mol. The Morgan fingerprint density at radius 1 is 1.15 bits per heavy atom. The van der Waals surface area contributed by atoms with Gasteiger partial charge in [0.2, 0.25) is 0 Å². The van der Waals surface area contributed by atoms with Gasteiger partial charge < -0.3 is 4.74 Å². The molecule has 1 heterocycles. The Bertz CT molecular complexity index is 709. The second kappa shape index (κ2) is 6.00. The van der Waals surface area contributed by atoms with Gasteiger partial charge in [0.25, 0.3) is 0 Å². The third-order valence-corrected chi connectivity index (χ3v) is 4.45. The maximum absolute atomic E-state index is 6.15. The average Bonchev–Trinajstić information content (AvgIpc) is 2.88. The van der Waals surface area contributed by atoms with Gasteiger partial charge in [0, 0.05) is 5.88 Å². The first kappa shape index (κ1) is 13.7. The number of thiazole rings is 1. The highest BCUT2D eigenvalue weighted by Gasteiger charge is 2.06. The van der Waals surface area contributed by atoms with Crippen LogP contribution in [0.5, 0.6) is 5.75 Å². The normalized spacial score (nSPS) is 10.9. The van der Waals surface area contributed by atoms with Gasteiger partial charge in [0.05, 0.1) is 15.2 Å². The predicted octanol–water partition coefficient (Wildman–Crippen LogP) is 5.27. The molecule has 2 aromatic carbocycles. The SMILES string of the molecule is ClCc1ccc(OCc2nc3ccccc3s2)c(Cl)c1. The topological polar surface area (TPSA) is 22.1 Å². The number of benzene rings is 2. The van der Waals surface area contributed by atoms with Crippen molar-refractivity contribution in [1.82, 2.24) is 4.98 Å². The van der Waals surface area contributed by atoms with Crippen molar-refractivity contribution in [1.29, 1.82) is 0 Å². The second-order valence-electron chi connectivity index (χ2n) is 4.26. The van der Waals surface area contributed by atoms with Gasteiger partial charge in [-0.05, 0) is 29.8 Å². The van der Waals surface area contributed by atoms with Crippen molar-refractivity contribution in [3.63, 3.8) is 0 Å². The number of rotatable bonds is 4. The van der Waals surface area contributed by atoms with Crippen LogP contribution in [0.2, 0.25) is 5.02 Å². The van der Waals surface area contributed by atoms with Gasteiger partial charge in [-0.25, -0.2) is 4.98 Å². The van der Waals surface area contributed by atoms with Crippen LogP contribution in [0.4, 0.5) is 0 Å². The number of hydrogen-bond donors (Lipinski definition) is 0. The first-order valence-corrected chi connectivity index (χ1v) is 7.81. The zero-order valence-corrected chi connectivity index (χ0v) is 12.8. The van der Waals surface area contributed by atoms with Crippen molar-refractivity contribution in [3.05, 3.63) is 58.1 Å². The van der Waals surface area contributed by atoms with E-state index in [1.165, 1.54) is 0 Å². The summed E-state index contributed by atoms with van der Waals surface area (Å²) < 4.78 is 6.89. The van der Waals surface area contributed by atoms with E-state index in [9.17, 15) is 0 Å². The number of aromatic nitrogens is 1. The Kier molecular flexibility index (Phi) is 4.10. The molecule has 0 fully saturated rings. The summed E-state index contributed by atoms with van der Waals surface area (Å²) in [6, 6.07) is 13.6. The summed E-state index contributed by atoms with van der Waals surface area (Å²) in [5, 5.41) is 1.51. The van der Waals surface area contributed by atoms with Crippen molar-refractivity contribution < 1.29 is 4.74 Å². The van der Waals surface area contributed by atoms with Crippen molar-refractivity contribution in [2.45, 2.75) is 12.5 Å². The fourth-order valence-electron chi connectivity index (χ4n) is 1.87. The summed E-state index contributed by atoms with van der Waals surface area (Å²) in [7, 11) is 0. The minimum absolute atomic E-state index is 0.416. The minimum Gasteiger partial charge on any atom is -0.485 e. The quantitative estimate of drug-likeness (QED) is 0.610. The zero-order valence-electron chi connectivity index (χ0n) is 10.5. The second-order valence-corrected chi connectivity index (χ2v) is 6.05. The average molecular weight is 324 g/mol. The van der Waals surface area contributed by atoms with Crippen LogP contribution in [0.1, 0.15) is 10.6 Å². The first-order chi connectivity index (χ1) is 9.76. The van der Waals surface area contributed by atoms with Gasteiger partial charge >= 0.3 is 0 Å². The highest BCUT2D eigenvalue weighted by atomic mass is 35.5. The molecule has 1 aromatic heterocycles. The number of hydrogen-bond acceptors (Lipinski definition) is 3. The molecular weight excluding hydrogens is 313 g/mol. The summed E-state index contributed by atoms with van der Waals surface area (Å²) in [6.45, 7) is 0.416. The molecule has 5 heteroatoms. The molecule has 0 bridgehead atoms. The number of ether oxygens (including phenoxy) is 1. The van der Waals surface area contributed by atoms with Gasteiger partial charge in [-0.2, -0.15) is 0 Å². The molecule has 3 rings (SSSR count). The summed E-state index contributed by atoms with van der Waals surface area (Å²) in [6.07, 6.45) is 0. The first-order valence-electron chi connectivity index (χ1n) is 6.08. The fraction of sp³-hybridized carbons (Fsp3) is 0.133. The van der Waals surface area contributed by atoms with E-state index in [1.807, 2.05) is 36.4 Å². The Balaban J connectivity index is 1.75. The predicted molar refractivity (Wildman–Crippen MR) is 85.0 cm³/mol. The molecule has 0 spiro atoms. The lowest BCUT2D eigenvalue weighted by Gasteiger charge is -2.07. The third-order valence-electron chi connectivity index (χ3n) is 2.84. The highest BCUT2D eigenvalue weighted by molar-refractivity contribution is 7.18. The van der Waals surface area contributed by atoms with E-state index >= 15 is 0 Å². The molecule has 0 unspecified atom stereocenters. The molecule has 0 atom stereocenters. The molecule has 0 aliphatic heterocycles. The number of nitrogens with zero attached hydrogens (tertiary/aromatic N) is 1. The molecule has 0 aliphatic rings. The Hall–Kier alpha value is -1.29. The Morgan fingerprint density at radius 2 is 2.00 bits per heavy atom. The molecule has 0 radical (unpaired) electrons. The molecule has 0 saturated carbocycles. The fourth-order valence-corrected chi connectivity index (χ4v) is 3.17. The van der Waals surface area contributed by atoms with E-state index in [2.05, 4.69) is 11.1 Å². The minimum atomic E-state index is 0.416. The van der Waals surface area contributed by atoms with Gasteiger partial charge in [0.15, 0.2) is 0 Å². The van der Waals surface area contributed by atoms with E-state index < -0.39 is 0 Å². The van der Waals surface area contributed by atoms with Gasteiger partial charge in [-0.15, -0.1) is 22.9 Å². The van der Waals surface area contributed by atoms with E-state index in [-0.39, 0.29) is 0 Å². The molecule has 0 N–H and O–H groups in total. The third kappa shape index (κ3) is 2.90. The number of para-hydroxylation sites is 1. The van der Waals surface area contributed by atoms with E-state index in [4.69, 9.17) is 27.9 Å². The van der Waals surface area contributed by atoms with Crippen molar-refractivity contribution >= 4 is 44.8 Å². The van der Waals surface area contributed by atoms with Crippen molar-refractivity contribution in [2.24, 2.45) is 0 Å². The van der Waals surface area contributed by atoms with Crippen LogP contribution < -0.4 is 4.74 Å². The largest absolute Gasteiger partial charge is 0.485 e. The van der Waals surface area contributed by atoms with Crippen LogP contribution in [0.25, 0.3) is 10.2 Å². The molecule has 20 heavy (non-hydrogen) atoms. The maximum atomic E-state index is 6.15. The summed E-state index contributed by atoms with van der Waals surface area (Å²) in [5.74, 6) is 1.09. The van der Waals surface area contributed by atoms with E-state index in [1.54, 1.807) is 11.3 Å². The summed E-state index contributed by atoms with van der Waals surface area (Å²) in [4.78, 5) is 4.52. The lowest BCUT2D eigenvalue weighted by molar-refractivity contribution is 0.306.